The van der Waals surface area contributed by atoms with Gasteiger partial charge in [-0.15, -0.1) is 0 Å². The number of benzene rings is 1. The van der Waals surface area contributed by atoms with Gasteiger partial charge in [-0.3, -0.25) is 4.79 Å². The first-order valence-corrected chi connectivity index (χ1v) is 5.46. The Bertz CT molecular complexity index is 556. The average Bonchev–Trinajstić information content (AvgIpc) is 2.98. The first kappa shape index (κ1) is 10.1. The van der Waals surface area contributed by atoms with Crippen molar-refractivity contribution in [3.63, 3.8) is 0 Å². The molecule has 1 aliphatic rings. The highest BCUT2D eigenvalue weighted by Crippen LogP contribution is 2.48. The molecular formula is C13H11NO3. The highest BCUT2D eigenvalue weighted by atomic mass is 16.4. The van der Waals surface area contributed by atoms with Crippen LogP contribution in [0.25, 0.3) is 11.5 Å². The van der Waals surface area contributed by atoms with E-state index >= 15 is 0 Å². The highest BCUT2D eigenvalue weighted by Gasteiger charge is 2.51. The third kappa shape index (κ3) is 1.53. The Kier molecular flexibility index (Phi) is 2.04. The Balaban J connectivity index is 2.04. The fourth-order valence-corrected chi connectivity index (χ4v) is 2.07. The summed E-state index contributed by atoms with van der Waals surface area (Å²) in [5.74, 6) is -0.227. The fourth-order valence-electron chi connectivity index (χ4n) is 2.07. The van der Waals surface area contributed by atoms with E-state index in [0.717, 1.165) is 11.1 Å². The predicted octanol–water partition coefficient (Wildman–Crippen LogP) is 2.46. The third-order valence-corrected chi connectivity index (χ3v) is 3.25. The molecule has 0 spiro atoms. The molecule has 1 aromatic heterocycles. The molecule has 0 saturated heterocycles. The molecule has 0 atom stereocenters. The number of carbonyl (C=O) groups is 1. The number of hydrogen-bond acceptors (Lipinski definition) is 3. The van der Waals surface area contributed by atoms with E-state index in [9.17, 15) is 9.90 Å². The van der Waals surface area contributed by atoms with Crippen LogP contribution in [-0.2, 0) is 10.2 Å². The van der Waals surface area contributed by atoms with Gasteiger partial charge in [0.05, 0.1) is 11.6 Å². The molecule has 0 amide bonds. The third-order valence-electron chi connectivity index (χ3n) is 3.25. The maximum Gasteiger partial charge on any atom is 0.314 e. The van der Waals surface area contributed by atoms with E-state index in [-0.39, 0.29) is 0 Å². The van der Waals surface area contributed by atoms with Gasteiger partial charge < -0.3 is 9.52 Å². The molecule has 4 heteroatoms. The molecule has 4 nitrogen and oxygen atoms in total. The molecular weight excluding hydrogens is 218 g/mol. The van der Waals surface area contributed by atoms with Crippen LogP contribution in [0, 0.1) is 0 Å². The van der Waals surface area contributed by atoms with Gasteiger partial charge in [0.1, 0.15) is 6.26 Å². The van der Waals surface area contributed by atoms with Crippen molar-refractivity contribution in [1.82, 2.24) is 4.98 Å². The summed E-state index contributed by atoms with van der Waals surface area (Å²) in [6.07, 6.45) is 4.49. The van der Waals surface area contributed by atoms with E-state index in [1.165, 1.54) is 6.26 Å². The van der Waals surface area contributed by atoms with E-state index in [4.69, 9.17) is 4.42 Å². The molecule has 3 rings (SSSR count). The summed E-state index contributed by atoms with van der Waals surface area (Å²) < 4.78 is 5.21. The van der Waals surface area contributed by atoms with Crippen LogP contribution in [0.5, 0.6) is 0 Å². The maximum atomic E-state index is 11.2. The molecule has 2 aromatic rings. The summed E-state index contributed by atoms with van der Waals surface area (Å²) in [5.41, 5.74) is 0.975. The Morgan fingerprint density at radius 3 is 2.82 bits per heavy atom. The lowest BCUT2D eigenvalue weighted by Gasteiger charge is -2.10. The number of oxazole rings is 1. The molecule has 0 radical (unpaired) electrons. The van der Waals surface area contributed by atoms with Crippen molar-refractivity contribution in [2.24, 2.45) is 0 Å². The van der Waals surface area contributed by atoms with E-state index in [1.54, 1.807) is 6.20 Å². The SMILES string of the molecule is O=C(O)C1(c2cccc(-c3ncco3)c2)CC1. The summed E-state index contributed by atoms with van der Waals surface area (Å²) in [6.45, 7) is 0. The van der Waals surface area contributed by atoms with Crippen LogP contribution in [-0.4, -0.2) is 16.1 Å². The number of aromatic nitrogens is 1. The molecule has 1 heterocycles. The molecule has 1 saturated carbocycles. The molecule has 1 aromatic carbocycles. The van der Waals surface area contributed by atoms with Gasteiger partial charge >= 0.3 is 5.97 Å². The van der Waals surface area contributed by atoms with Crippen molar-refractivity contribution in [2.75, 3.05) is 0 Å². The van der Waals surface area contributed by atoms with Crippen molar-refractivity contribution in [2.45, 2.75) is 18.3 Å². The molecule has 86 valence electrons. The number of rotatable bonds is 3. The van der Waals surface area contributed by atoms with Crippen LogP contribution < -0.4 is 0 Å². The Morgan fingerprint density at radius 2 is 2.24 bits per heavy atom. The maximum absolute atomic E-state index is 11.2. The second-order valence-corrected chi connectivity index (χ2v) is 4.31. The minimum Gasteiger partial charge on any atom is -0.481 e. The van der Waals surface area contributed by atoms with Crippen LogP contribution in [0.15, 0.2) is 41.1 Å². The lowest BCUT2D eigenvalue weighted by atomic mass is 9.94. The number of nitrogens with zero attached hydrogens (tertiary/aromatic N) is 1. The smallest absolute Gasteiger partial charge is 0.314 e. The molecule has 0 bridgehead atoms. The van der Waals surface area contributed by atoms with Gasteiger partial charge in [-0.25, -0.2) is 4.98 Å². The lowest BCUT2D eigenvalue weighted by Crippen LogP contribution is -2.19. The predicted molar refractivity (Wildman–Crippen MR) is 60.5 cm³/mol. The van der Waals surface area contributed by atoms with Crippen molar-refractivity contribution in [3.05, 3.63) is 42.3 Å². The summed E-state index contributed by atoms with van der Waals surface area (Å²) in [4.78, 5) is 15.3. The minimum atomic E-state index is -0.748. The summed E-state index contributed by atoms with van der Waals surface area (Å²) in [5, 5.41) is 9.24. The molecule has 17 heavy (non-hydrogen) atoms. The van der Waals surface area contributed by atoms with Crippen LogP contribution in [0.1, 0.15) is 18.4 Å². The topological polar surface area (TPSA) is 63.3 Å². The first-order chi connectivity index (χ1) is 8.22. The van der Waals surface area contributed by atoms with E-state index in [1.807, 2.05) is 24.3 Å². The van der Waals surface area contributed by atoms with E-state index in [0.29, 0.717) is 18.7 Å². The molecule has 1 aliphatic carbocycles. The number of carboxylic acids is 1. The number of carboxylic acid groups (broad SMARTS) is 1. The Hall–Kier alpha value is -2.10. The van der Waals surface area contributed by atoms with Gasteiger partial charge in [0.25, 0.3) is 0 Å². The quantitative estimate of drug-likeness (QED) is 0.878. The second-order valence-electron chi connectivity index (χ2n) is 4.31. The van der Waals surface area contributed by atoms with Gasteiger partial charge in [-0.1, -0.05) is 12.1 Å². The summed E-state index contributed by atoms with van der Waals surface area (Å²) in [6, 6.07) is 7.42. The average molecular weight is 229 g/mol. The Labute approximate surface area is 97.9 Å². The van der Waals surface area contributed by atoms with Crippen LogP contribution in [0.2, 0.25) is 0 Å². The zero-order valence-corrected chi connectivity index (χ0v) is 9.09. The zero-order valence-electron chi connectivity index (χ0n) is 9.09. The van der Waals surface area contributed by atoms with Crippen LogP contribution in [0.4, 0.5) is 0 Å². The monoisotopic (exact) mass is 229 g/mol. The van der Waals surface area contributed by atoms with Gasteiger partial charge in [0, 0.05) is 5.56 Å². The zero-order chi connectivity index (χ0) is 11.9. The molecule has 1 fully saturated rings. The van der Waals surface area contributed by atoms with Crippen molar-refractivity contribution >= 4 is 5.97 Å². The first-order valence-electron chi connectivity index (χ1n) is 5.46. The van der Waals surface area contributed by atoms with Crippen molar-refractivity contribution < 1.29 is 14.3 Å². The Morgan fingerprint density at radius 1 is 1.41 bits per heavy atom. The van der Waals surface area contributed by atoms with E-state index in [2.05, 4.69) is 4.98 Å². The number of hydrogen-bond donors (Lipinski definition) is 1. The molecule has 0 unspecified atom stereocenters. The van der Waals surface area contributed by atoms with Gasteiger partial charge in [-0.2, -0.15) is 0 Å². The minimum absolute atomic E-state index is 0.521. The van der Waals surface area contributed by atoms with Crippen LogP contribution >= 0.6 is 0 Å². The van der Waals surface area contributed by atoms with Gasteiger partial charge in [-0.05, 0) is 30.5 Å². The largest absolute Gasteiger partial charge is 0.481 e. The highest BCUT2D eigenvalue weighted by molar-refractivity contribution is 5.85. The normalized spacial score (nSPS) is 16.7. The number of aliphatic carboxylic acids is 1. The van der Waals surface area contributed by atoms with Gasteiger partial charge in [0.2, 0.25) is 5.89 Å². The summed E-state index contributed by atoms with van der Waals surface area (Å²) >= 11 is 0. The fraction of sp³-hybridized carbons (Fsp3) is 0.231. The molecule has 1 N–H and O–H groups in total. The lowest BCUT2D eigenvalue weighted by molar-refractivity contribution is -0.140. The van der Waals surface area contributed by atoms with Gasteiger partial charge in [0.15, 0.2) is 0 Å². The molecule has 0 aliphatic heterocycles. The van der Waals surface area contributed by atoms with Crippen LogP contribution in [0.3, 0.4) is 0 Å². The van der Waals surface area contributed by atoms with Crippen molar-refractivity contribution in [3.8, 4) is 11.5 Å². The second kappa shape index (κ2) is 3.45. The standard InChI is InChI=1S/C13H11NO3/c15-12(16)13(4-5-13)10-3-1-2-9(8-10)11-14-6-7-17-11/h1-3,6-8H,4-5H2,(H,15,16). The summed E-state index contributed by atoms with van der Waals surface area (Å²) in [7, 11) is 0. The van der Waals surface area contributed by atoms with Crippen molar-refractivity contribution in [1.29, 1.82) is 0 Å². The van der Waals surface area contributed by atoms with E-state index < -0.39 is 11.4 Å².